The molecule has 2 atom stereocenters. The van der Waals surface area contributed by atoms with Crippen LogP contribution in [-0.4, -0.2) is 96.2 Å². The lowest BCUT2D eigenvalue weighted by Gasteiger charge is -2.41. The Morgan fingerprint density at radius 3 is 2.81 bits per heavy atom. The first-order valence-corrected chi connectivity index (χ1v) is 16.8. The Hall–Kier alpha value is -4.31. The maximum atomic E-state index is 17.0. The lowest BCUT2D eigenvalue weighted by atomic mass is 9.95. The standard InChI is InChI=1S/C36H38F2N6O4/c1-3-23-25(37)7-6-21-16-22(45)17-24(28(21)23)31-30(38)32-29-33(44-12-10-39-26(4-2)27(44)18-47-34(29)40-31)42-35(41-32)48-20-36(8-9-36)19-43-11-5-14-46-15-13-43/h1,6-7,16-17,26-27,39,45H,4-5,8-15,18-20H2,2H3/t26-,27+/m0/s1. The van der Waals surface area contributed by atoms with Crippen molar-refractivity contribution in [2.45, 2.75) is 44.7 Å². The number of nitrogens with one attached hydrogen (secondary N) is 1. The number of nitrogens with zero attached hydrogens (tertiary/aromatic N) is 5. The molecule has 2 aromatic carbocycles. The summed E-state index contributed by atoms with van der Waals surface area (Å²) in [5.41, 5.74) is -0.126. The third kappa shape index (κ3) is 5.44. The quantitative estimate of drug-likeness (QED) is 0.274. The van der Waals surface area contributed by atoms with Gasteiger partial charge in [-0.25, -0.2) is 13.8 Å². The third-order valence-electron chi connectivity index (χ3n) is 10.2. The van der Waals surface area contributed by atoms with Crippen molar-refractivity contribution in [2.75, 3.05) is 64.1 Å². The van der Waals surface area contributed by atoms with Crippen LogP contribution in [0.3, 0.4) is 0 Å². The Morgan fingerprint density at radius 2 is 2.00 bits per heavy atom. The van der Waals surface area contributed by atoms with Gasteiger partial charge in [-0.15, -0.1) is 6.42 Å². The number of phenols is 1. The van der Waals surface area contributed by atoms with Gasteiger partial charge in [0.05, 0.1) is 24.8 Å². The van der Waals surface area contributed by atoms with Crippen molar-refractivity contribution in [3.05, 3.63) is 41.5 Å². The van der Waals surface area contributed by atoms with E-state index in [4.69, 9.17) is 25.6 Å². The van der Waals surface area contributed by atoms with Crippen molar-refractivity contribution < 1.29 is 28.1 Å². The molecule has 12 heteroatoms. The van der Waals surface area contributed by atoms with Crippen LogP contribution in [-0.2, 0) is 4.74 Å². The van der Waals surface area contributed by atoms with Crippen molar-refractivity contribution in [1.82, 2.24) is 25.2 Å². The molecular formula is C36H38F2N6O4. The van der Waals surface area contributed by atoms with E-state index in [2.05, 4.69) is 37.9 Å². The number of halogens is 2. The predicted molar refractivity (Wildman–Crippen MR) is 178 cm³/mol. The topological polar surface area (TPSA) is 105 Å². The molecule has 0 radical (unpaired) electrons. The molecule has 0 bridgehead atoms. The largest absolute Gasteiger partial charge is 0.508 e. The maximum Gasteiger partial charge on any atom is 0.319 e. The lowest BCUT2D eigenvalue weighted by molar-refractivity contribution is 0.127. The Labute approximate surface area is 277 Å². The summed E-state index contributed by atoms with van der Waals surface area (Å²) in [5, 5.41) is 15.3. The molecule has 250 valence electrons. The number of fused-ring (bicyclic) bond motifs is 3. The number of anilines is 1. The summed E-state index contributed by atoms with van der Waals surface area (Å²) in [5.74, 6) is 1.52. The number of terminal acetylenes is 1. The Balaban J connectivity index is 1.26. The number of pyridine rings is 1. The molecule has 5 heterocycles. The van der Waals surface area contributed by atoms with Crippen LogP contribution in [0, 0.1) is 29.4 Å². The number of piperazine rings is 1. The van der Waals surface area contributed by atoms with Gasteiger partial charge in [0.15, 0.2) is 5.82 Å². The van der Waals surface area contributed by atoms with Gasteiger partial charge in [-0.1, -0.05) is 18.9 Å². The van der Waals surface area contributed by atoms with Crippen molar-refractivity contribution >= 4 is 27.5 Å². The van der Waals surface area contributed by atoms with Crippen LogP contribution in [0.25, 0.3) is 32.9 Å². The fourth-order valence-corrected chi connectivity index (χ4v) is 7.52. The SMILES string of the molecule is C#Cc1c(F)ccc2cc(O)cc(-c3nc4c5c(nc(OCC6(CN7CCCOCC7)CC6)nc5c3F)N3CCN[C@@H](CC)[C@H]3CO4)c12. The minimum absolute atomic E-state index is 0.0198. The molecule has 10 nitrogen and oxygen atoms in total. The molecule has 1 saturated carbocycles. The van der Waals surface area contributed by atoms with Gasteiger partial charge in [0, 0.05) is 61.7 Å². The second-order valence-electron chi connectivity index (χ2n) is 13.4. The van der Waals surface area contributed by atoms with Crippen LogP contribution in [0.5, 0.6) is 17.6 Å². The summed E-state index contributed by atoms with van der Waals surface area (Å²) in [7, 11) is 0. The number of ether oxygens (including phenoxy) is 3. The second kappa shape index (κ2) is 12.3. The molecule has 2 N–H and O–H groups in total. The molecule has 48 heavy (non-hydrogen) atoms. The van der Waals surface area contributed by atoms with E-state index in [-0.39, 0.29) is 69.5 Å². The monoisotopic (exact) mass is 656 g/mol. The molecule has 3 aliphatic heterocycles. The average Bonchev–Trinajstić information content (AvgIpc) is 3.92. The second-order valence-corrected chi connectivity index (χ2v) is 13.4. The maximum absolute atomic E-state index is 17.0. The number of hydrogen-bond acceptors (Lipinski definition) is 10. The molecule has 2 aromatic heterocycles. The lowest BCUT2D eigenvalue weighted by Crippen LogP contribution is -2.60. The highest BCUT2D eigenvalue weighted by Gasteiger charge is 2.45. The van der Waals surface area contributed by atoms with E-state index in [1.165, 1.54) is 24.3 Å². The van der Waals surface area contributed by atoms with Crippen LogP contribution in [0.4, 0.5) is 14.6 Å². The first-order valence-electron chi connectivity index (χ1n) is 16.8. The summed E-state index contributed by atoms with van der Waals surface area (Å²) in [6.45, 7) is 8.42. The van der Waals surface area contributed by atoms with E-state index in [1.54, 1.807) is 0 Å². The highest BCUT2D eigenvalue weighted by atomic mass is 19.1. The van der Waals surface area contributed by atoms with Crippen molar-refractivity contribution in [3.8, 4) is 41.2 Å². The number of aromatic nitrogens is 3. The third-order valence-corrected chi connectivity index (χ3v) is 10.2. The van der Waals surface area contributed by atoms with E-state index in [0.29, 0.717) is 29.7 Å². The number of rotatable bonds is 7. The van der Waals surface area contributed by atoms with Crippen LogP contribution >= 0.6 is 0 Å². The molecule has 0 unspecified atom stereocenters. The normalized spacial score (nSPS) is 22.0. The van der Waals surface area contributed by atoms with E-state index < -0.39 is 11.6 Å². The zero-order valence-electron chi connectivity index (χ0n) is 26.9. The summed E-state index contributed by atoms with van der Waals surface area (Å²) in [4.78, 5) is 18.8. The zero-order valence-corrected chi connectivity index (χ0v) is 26.9. The van der Waals surface area contributed by atoms with E-state index in [9.17, 15) is 9.50 Å². The van der Waals surface area contributed by atoms with E-state index in [0.717, 1.165) is 65.1 Å². The fourth-order valence-electron chi connectivity index (χ4n) is 7.52. The van der Waals surface area contributed by atoms with E-state index >= 15 is 4.39 Å². The molecule has 0 amide bonds. The molecule has 1 aliphatic carbocycles. The minimum Gasteiger partial charge on any atom is -0.508 e. The Bertz CT molecular complexity index is 1940. The summed E-state index contributed by atoms with van der Waals surface area (Å²) in [6.07, 6.45) is 9.65. The van der Waals surface area contributed by atoms with Gasteiger partial charge in [-0.3, -0.25) is 0 Å². The highest BCUT2D eigenvalue weighted by Crippen LogP contribution is 2.47. The molecule has 4 aliphatic rings. The molecule has 8 rings (SSSR count). The Morgan fingerprint density at radius 1 is 1.12 bits per heavy atom. The van der Waals surface area contributed by atoms with Crippen LogP contribution < -0.4 is 19.7 Å². The number of aromatic hydroxyl groups is 1. The first kappa shape index (κ1) is 31.0. The van der Waals surface area contributed by atoms with E-state index in [1.807, 2.05) is 0 Å². The van der Waals surface area contributed by atoms with Gasteiger partial charge in [0.25, 0.3) is 0 Å². The average molecular weight is 657 g/mol. The Kier molecular flexibility index (Phi) is 7.94. The summed E-state index contributed by atoms with van der Waals surface area (Å²) in [6, 6.07) is 5.61. The first-order chi connectivity index (χ1) is 23.4. The molecule has 2 saturated heterocycles. The van der Waals surface area contributed by atoms with Crippen molar-refractivity contribution in [1.29, 1.82) is 0 Å². The van der Waals surface area contributed by atoms with Crippen molar-refractivity contribution in [2.24, 2.45) is 5.41 Å². The van der Waals surface area contributed by atoms with Gasteiger partial charge < -0.3 is 34.4 Å². The van der Waals surface area contributed by atoms with Gasteiger partial charge >= 0.3 is 6.01 Å². The summed E-state index contributed by atoms with van der Waals surface area (Å²) < 4.78 is 50.4. The van der Waals surface area contributed by atoms with Gasteiger partial charge in [-0.2, -0.15) is 9.97 Å². The molecule has 3 fully saturated rings. The highest BCUT2D eigenvalue weighted by molar-refractivity contribution is 6.04. The minimum atomic E-state index is -0.767. The van der Waals surface area contributed by atoms with Gasteiger partial charge in [0.2, 0.25) is 5.88 Å². The number of benzene rings is 2. The zero-order chi connectivity index (χ0) is 33.0. The molecule has 0 spiro atoms. The number of phenolic OH excluding ortho intramolecular Hbond substituents is 1. The summed E-state index contributed by atoms with van der Waals surface area (Å²) >= 11 is 0. The van der Waals surface area contributed by atoms with Gasteiger partial charge in [-0.05, 0) is 49.3 Å². The van der Waals surface area contributed by atoms with Crippen LogP contribution in [0.2, 0.25) is 0 Å². The molecule has 4 aromatic rings. The fraction of sp³-hybridized carbons (Fsp3) is 0.472. The van der Waals surface area contributed by atoms with Crippen LogP contribution in [0.1, 0.15) is 38.2 Å². The van der Waals surface area contributed by atoms with Crippen molar-refractivity contribution in [3.63, 3.8) is 0 Å². The van der Waals surface area contributed by atoms with Gasteiger partial charge in [0.1, 0.15) is 40.6 Å². The smallest absolute Gasteiger partial charge is 0.319 e. The van der Waals surface area contributed by atoms with Crippen LogP contribution in [0.15, 0.2) is 24.3 Å². The predicted octanol–water partition coefficient (Wildman–Crippen LogP) is 4.64. The number of hydrogen-bond donors (Lipinski definition) is 2. The molecular weight excluding hydrogens is 618 g/mol.